The van der Waals surface area contributed by atoms with Gasteiger partial charge in [-0.2, -0.15) is 0 Å². The second kappa shape index (κ2) is 5.01. The van der Waals surface area contributed by atoms with Crippen molar-refractivity contribution in [2.45, 2.75) is 26.4 Å². The van der Waals surface area contributed by atoms with Crippen molar-refractivity contribution in [1.82, 2.24) is 15.0 Å². The maximum absolute atomic E-state index is 9.50. The molecule has 0 aliphatic heterocycles. The molecule has 0 spiro atoms. The SMILES string of the molecule is Cc1nc(Cc2ccncc2)ncc1[C@H](C)O. The third-order valence-electron chi connectivity index (χ3n) is 2.63. The first-order valence-corrected chi connectivity index (χ1v) is 5.56. The largest absolute Gasteiger partial charge is 0.389 e. The predicted octanol–water partition coefficient (Wildman–Crippen LogP) is 1.82. The first kappa shape index (κ1) is 11.7. The van der Waals surface area contributed by atoms with E-state index in [4.69, 9.17) is 0 Å². The van der Waals surface area contributed by atoms with Gasteiger partial charge in [0, 0.05) is 36.3 Å². The molecule has 0 fully saturated rings. The maximum atomic E-state index is 9.50. The Labute approximate surface area is 100 Å². The summed E-state index contributed by atoms with van der Waals surface area (Å²) in [7, 11) is 0. The summed E-state index contributed by atoms with van der Waals surface area (Å²) in [6.45, 7) is 3.61. The van der Waals surface area contributed by atoms with Gasteiger partial charge in [0.05, 0.1) is 6.10 Å². The summed E-state index contributed by atoms with van der Waals surface area (Å²) < 4.78 is 0. The second-order valence-corrected chi connectivity index (χ2v) is 4.04. The minimum Gasteiger partial charge on any atom is -0.389 e. The van der Waals surface area contributed by atoms with Gasteiger partial charge in [0.15, 0.2) is 0 Å². The van der Waals surface area contributed by atoms with E-state index in [1.807, 2.05) is 19.1 Å². The summed E-state index contributed by atoms with van der Waals surface area (Å²) in [5.41, 5.74) is 2.74. The van der Waals surface area contributed by atoms with Crippen LogP contribution in [0.2, 0.25) is 0 Å². The van der Waals surface area contributed by atoms with Gasteiger partial charge in [0.25, 0.3) is 0 Å². The number of aromatic nitrogens is 3. The average molecular weight is 229 g/mol. The van der Waals surface area contributed by atoms with Crippen molar-refractivity contribution in [2.24, 2.45) is 0 Å². The van der Waals surface area contributed by atoms with Gasteiger partial charge in [0.2, 0.25) is 0 Å². The molecule has 1 atom stereocenters. The van der Waals surface area contributed by atoms with Crippen LogP contribution in [0, 0.1) is 6.92 Å². The molecule has 0 saturated heterocycles. The van der Waals surface area contributed by atoms with E-state index in [9.17, 15) is 5.11 Å². The third-order valence-corrected chi connectivity index (χ3v) is 2.63. The fourth-order valence-electron chi connectivity index (χ4n) is 1.70. The Balaban J connectivity index is 2.21. The summed E-state index contributed by atoms with van der Waals surface area (Å²) in [6.07, 6.45) is 5.37. The summed E-state index contributed by atoms with van der Waals surface area (Å²) in [4.78, 5) is 12.6. The maximum Gasteiger partial charge on any atom is 0.132 e. The minimum absolute atomic E-state index is 0.523. The Morgan fingerprint density at radius 2 is 2.00 bits per heavy atom. The van der Waals surface area contributed by atoms with E-state index >= 15 is 0 Å². The molecule has 4 heteroatoms. The topological polar surface area (TPSA) is 58.9 Å². The normalized spacial score (nSPS) is 12.4. The molecule has 0 amide bonds. The highest BCUT2D eigenvalue weighted by Crippen LogP contribution is 2.14. The van der Waals surface area contributed by atoms with Crippen molar-refractivity contribution >= 4 is 0 Å². The molecule has 2 heterocycles. The lowest BCUT2D eigenvalue weighted by atomic mass is 10.1. The lowest BCUT2D eigenvalue weighted by molar-refractivity contribution is 0.197. The molecule has 0 aromatic carbocycles. The highest BCUT2D eigenvalue weighted by atomic mass is 16.3. The molecule has 0 bridgehead atoms. The van der Waals surface area contributed by atoms with Crippen LogP contribution in [0.15, 0.2) is 30.7 Å². The molecule has 0 radical (unpaired) electrons. The van der Waals surface area contributed by atoms with Crippen LogP contribution in [-0.4, -0.2) is 20.1 Å². The number of hydrogen-bond donors (Lipinski definition) is 1. The fourth-order valence-corrected chi connectivity index (χ4v) is 1.70. The Kier molecular flexibility index (Phi) is 3.44. The third kappa shape index (κ3) is 2.85. The van der Waals surface area contributed by atoms with Gasteiger partial charge < -0.3 is 5.11 Å². The van der Waals surface area contributed by atoms with Crippen LogP contribution in [-0.2, 0) is 6.42 Å². The standard InChI is InChI=1S/C13H15N3O/c1-9-12(10(2)17)8-15-13(16-9)7-11-3-5-14-6-4-11/h3-6,8,10,17H,7H2,1-2H3/t10-/m0/s1. The van der Waals surface area contributed by atoms with Gasteiger partial charge in [-0.25, -0.2) is 9.97 Å². The van der Waals surface area contributed by atoms with Crippen molar-refractivity contribution in [3.05, 3.63) is 53.4 Å². The number of nitrogens with zero attached hydrogens (tertiary/aromatic N) is 3. The number of aliphatic hydroxyl groups excluding tert-OH is 1. The van der Waals surface area contributed by atoms with Crippen molar-refractivity contribution in [3.63, 3.8) is 0 Å². The Bertz CT molecular complexity index is 497. The van der Waals surface area contributed by atoms with Crippen LogP contribution in [0.4, 0.5) is 0 Å². The molecule has 0 saturated carbocycles. The van der Waals surface area contributed by atoms with Crippen LogP contribution in [0.5, 0.6) is 0 Å². The lowest BCUT2D eigenvalue weighted by Crippen LogP contribution is -2.04. The van der Waals surface area contributed by atoms with E-state index in [-0.39, 0.29) is 0 Å². The zero-order valence-electron chi connectivity index (χ0n) is 9.96. The fraction of sp³-hybridized carbons (Fsp3) is 0.308. The van der Waals surface area contributed by atoms with E-state index < -0.39 is 6.10 Å². The number of aliphatic hydroxyl groups is 1. The first-order valence-electron chi connectivity index (χ1n) is 5.56. The summed E-state index contributed by atoms with van der Waals surface area (Å²) in [5, 5.41) is 9.50. The van der Waals surface area contributed by atoms with Crippen molar-refractivity contribution in [2.75, 3.05) is 0 Å². The average Bonchev–Trinajstić information content (AvgIpc) is 2.30. The van der Waals surface area contributed by atoms with Gasteiger partial charge >= 0.3 is 0 Å². The molecule has 0 aliphatic rings. The summed E-state index contributed by atoms with van der Waals surface area (Å²) >= 11 is 0. The Morgan fingerprint density at radius 1 is 1.29 bits per heavy atom. The second-order valence-electron chi connectivity index (χ2n) is 4.04. The molecule has 17 heavy (non-hydrogen) atoms. The molecule has 1 N–H and O–H groups in total. The zero-order valence-corrected chi connectivity index (χ0v) is 9.96. The molecular weight excluding hydrogens is 214 g/mol. The van der Waals surface area contributed by atoms with E-state index in [1.165, 1.54) is 0 Å². The van der Waals surface area contributed by atoms with E-state index in [0.29, 0.717) is 6.42 Å². The monoisotopic (exact) mass is 229 g/mol. The van der Waals surface area contributed by atoms with Gasteiger partial charge in [-0.3, -0.25) is 4.98 Å². The Morgan fingerprint density at radius 3 is 2.59 bits per heavy atom. The zero-order chi connectivity index (χ0) is 12.3. The number of pyridine rings is 1. The van der Waals surface area contributed by atoms with E-state index in [1.54, 1.807) is 25.5 Å². The molecule has 2 aromatic heterocycles. The predicted molar refractivity (Wildman–Crippen MR) is 64.4 cm³/mol. The highest BCUT2D eigenvalue weighted by molar-refractivity contribution is 5.21. The van der Waals surface area contributed by atoms with Gasteiger partial charge in [-0.15, -0.1) is 0 Å². The molecule has 0 aliphatic carbocycles. The first-order chi connectivity index (χ1) is 8.16. The highest BCUT2D eigenvalue weighted by Gasteiger charge is 2.08. The van der Waals surface area contributed by atoms with Crippen LogP contribution in [0.3, 0.4) is 0 Å². The van der Waals surface area contributed by atoms with Gasteiger partial charge in [-0.05, 0) is 31.5 Å². The molecule has 4 nitrogen and oxygen atoms in total. The van der Waals surface area contributed by atoms with Crippen LogP contribution in [0.25, 0.3) is 0 Å². The van der Waals surface area contributed by atoms with Crippen molar-refractivity contribution in [1.29, 1.82) is 0 Å². The van der Waals surface area contributed by atoms with E-state index in [0.717, 1.165) is 22.6 Å². The van der Waals surface area contributed by atoms with Crippen LogP contribution < -0.4 is 0 Å². The number of hydrogen-bond acceptors (Lipinski definition) is 4. The van der Waals surface area contributed by atoms with Gasteiger partial charge in [-0.1, -0.05) is 0 Å². The molecule has 2 aromatic rings. The van der Waals surface area contributed by atoms with Crippen molar-refractivity contribution < 1.29 is 5.11 Å². The van der Waals surface area contributed by atoms with Crippen LogP contribution >= 0.6 is 0 Å². The van der Waals surface area contributed by atoms with Gasteiger partial charge in [0.1, 0.15) is 5.82 Å². The smallest absolute Gasteiger partial charge is 0.132 e. The van der Waals surface area contributed by atoms with Crippen molar-refractivity contribution in [3.8, 4) is 0 Å². The molecule has 0 unspecified atom stereocenters. The van der Waals surface area contributed by atoms with E-state index in [2.05, 4.69) is 15.0 Å². The quantitative estimate of drug-likeness (QED) is 0.872. The molecule has 2 rings (SSSR count). The number of aryl methyl sites for hydroxylation is 1. The number of rotatable bonds is 3. The lowest BCUT2D eigenvalue weighted by Gasteiger charge is -2.08. The minimum atomic E-state index is -0.523. The summed E-state index contributed by atoms with van der Waals surface area (Å²) in [6, 6.07) is 3.89. The molecular formula is C13H15N3O. The van der Waals surface area contributed by atoms with Crippen LogP contribution in [0.1, 0.15) is 35.7 Å². The molecule has 88 valence electrons. The Hall–Kier alpha value is -1.81. The summed E-state index contributed by atoms with van der Waals surface area (Å²) in [5.74, 6) is 0.762.